The van der Waals surface area contributed by atoms with E-state index in [2.05, 4.69) is 32.9 Å². The number of hydrogen-bond donors (Lipinski definition) is 1. The third-order valence-corrected chi connectivity index (χ3v) is 6.61. The molecule has 2 atom stereocenters. The SMILES string of the molecule is CCc1ccc(-c2ccc(Cl)cc2)cc1C1=C(O)C2CC(C1=O)C2(C)C. The Morgan fingerprint density at radius 2 is 1.73 bits per heavy atom. The largest absolute Gasteiger partial charge is 0.511 e. The lowest BCUT2D eigenvalue weighted by Crippen LogP contribution is -2.53. The second-order valence-electron chi connectivity index (χ2n) is 8.02. The Morgan fingerprint density at radius 3 is 2.31 bits per heavy atom. The van der Waals surface area contributed by atoms with Crippen molar-refractivity contribution in [3.63, 3.8) is 0 Å². The summed E-state index contributed by atoms with van der Waals surface area (Å²) in [7, 11) is 0. The molecule has 2 nitrogen and oxygen atoms in total. The van der Waals surface area contributed by atoms with Gasteiger partial charge in [0.1, 0.15) is 5.76 Å². The molecule has 0 aliphatic heterocycles. The Kier molecular flexibility index (Phi) is 4.00. The first kappa shape index (κ1) is 17.4. The van der Waals surface area contributed by atoms with Crippen LogP contribution >= 0.6 is 11.6 Å². The summed E-state index contributed by atoms with van der Waals surface area (Å²) in [5, 5.41) is 11.6. The summed E-state index contributed by atoms with van der Waals surface area (Å²) in [5.41, 5.74) is 4.46. The minimum absolute atomic E-state index is 0.0160. The van der Waals surface area contributed by atoms with Gasteiger partial charge in [-0.3, -0.25) is 4.79 Å². The van der Waals surface area contributed by atoms with E-state index in [-0.39, 0.29) is 28.8 Å². The standard InChI is InChI=1S/C23H23ClO2/c1-4-13-5-6-15(14-7-9-16(24)10-8-14)11-17(13)20-21(25)18-12-19(22(20)26)23(18,2)3/h5-11,18-19,25H,4,12H2,1-3H3. The number of allylic oxidation sites excluding steroid dienone is 2. The van der Waals surface area contributed by atoms with E-state index < -0.39 is 0 Å². The molecule has 0 saturated heterocycles. The summed E-state index contributed by atoms with van der Waals surface area (Å²) in [6, 6.07) is 13.9. The minimum Gasteiger partial charge on any atom is -0.511 e. The highest BCUT2D eigenvalue weighted by molar-refractivity contribution is 6.30. The van der Waals surface area contributed by atoms with Gasteiger partial charge in [-0.1, -0.05) is 56.6 Å². The fourth-order valence-electron chi connectivity index (χ4n) is 4.52. The third-order valence-electron chi connectivity index (χ3n) is 6.35. The molecule has 0 heterocycles. The number of aliphatic hydroxyl groups excluding tert-OH is 1. The zero-order valence-corrected chi connectivity index (χ0v) is 16.1. The van der Waals surface area contributed by atoms with E-state index in [0.717, 1.165) is 35.1 Å². The summed E-state index contributed by atoms with van der Waals surface area (Å²) in [6.07, 6.45) is 1.60. The van der Waals surface area contributed by atoms with E-state index in [9.17, 15) is 9.90 Å². The van der Waals surface area contributed by atoms with Crippen LogP contribution in [0.3, 0.4) is 0 Å². The number of Topliss-reactive ketones (excluding diaryl/α,β-unsaturated/α-hetero) is 1. The molecule has 0 aromatic heterocycles. The first-order valence-corrected chi connectivity index (χ1v) is 9.59. The van der Waals surface area contributed by atoms with Crippen LogP contribution in [0.1, 0.15) is 38.3 Å². The average molecular weight is 367 g/mol. The highest BCUT2D eigenvalue weighted by atomic mass is 35.5. The molecule has 3 aliphatic carbocycles. The van der Waals surface area contributed by atoms with Crippen molar-refractivity contribution in [2.45, 2.75) is 33.6 Å². The van der Waals surface area contributed by atoms with Crippen LogP contribution in [0, 0.1) is 17.3 Å². The van der Waals surface area contributed by atoms with Crippen molar-refractivity contribution in [3.05, 3.63) is 64.4 Å². The molecule has 0 radical (unpaired) electrons. The fraction of sp³-hybridized carbons (Fsp3) is 0.348. The number of carbonyl (C=O) groups excluding carboxylic acids is 1. The number of aliphatic hydroxyl groups is 1. The number of aryl methyl sites for hydroxylation is 1. The summed E-state index contributed by atoms with van der Waals surface area (Å²) in [6.45, 7) is 6.25. The maximum Gasteiger partial charge on any atom is 0.170 e. The number of hydrogen-bond acceptors (Lipinski definition) is 2. The molecule has 134 valence electrons. The van der Waals surface area contributed by atoms with Crippen molar-refractivity contribution in [2.24, 2.45) is 17.3 Å². The molecule has 2 bridgehead atoms. The zero-order chi connectivity index (χ0) is 18.6. The van der Waals surface area contributed by atoms with Gasteiger partial charge in [0.05, 0.1) is 5.57 Å². The monoisotopic (exact) mass is 366 g/mol. The molecule has 1 N–H and O–H groups in total. The van der Waals surface area contributed by atoms with E-state index in [4.69, 9.17) is 11.6 Å². The quantitative estimate of drug-likeness (QED) is 0.714. The van der Waals surface area contributed by atoms with Crippen LogP contribution in [-0.2, 0) is 11.2 Å². The Bertz CT molecular complexity index is 922. The van der Waals surface area contributed by atoms with Crippen LogP contribution < -0.4 is 0 Å². The van der Waals surface area contributed by atoms with E-state index in [1.807, 2.05) is 30.3 Å². The Labute approximate surface area is 159 Å². The molecule has 5 rings (SSSR count). The van der Waals surface area contributed by atoms with Crippen LogP contribution in [-0.4, -0.2) is 10.9 Å². The highest BCUT2D eigenvalue weighted by Crippen LogP contribution is 2.60. The third kappa shape index (κ3) is 2.43. The molecule has 3 heteroatoms. The highest BCUT2D eigenvalue weighted by Gasteiger charge is 2.58. The molecular formula is C23H23ClO2. The predicted molar refractivity (Wildman–Crippen MR) is 106 cm³/mol. The van der Waals surface area contributed by atoms with Crippen LogP contribution in [0.15, 0.2) is 48.2 Å². The normalized spacial score (nSPS) is 23.8. The van der Waals surface area contributed by atoms with Gasteiger partial charge in [0.25, 0.3) is 0 Å². The lowest BCUT2D eigenvalue weighted by atomic mass is 9.48. The van der Waals surface area contributed by atoms with E-state index in [1.54, 1.807) is 0 Å². The molecule has 1 fully saturated rings. The average Bonchev–Trinajstić information content (AvgIpc) is 2.61. The minimum atomic E-state index is -0.134. The van der Waals surface area contributed by atoms with Gasteiger partial charge in [0.2, 0.25) is 0 Å². The number of halogens is 1. The molecule has 3 aliphatic rings. The number of fused-ring (bicyclic) bond motifs is 1. The second kappa shape index (κ2) is 5.99. The summed E-state index contributed by atoms with van der Waals surface area (Å²) in [5.74, 6) is 0.481. The molecule has 2 aromatic rings. The van der Waals surface area contributed by atoms with Crippen molar-refractivity contribution in [3.8, 4) is 11.1 Å². The number of rotatable bonds is 3. The van der Waals surface area contributed by atoms with Gasteiger partial charge in [-0.05, 0) is 58.7 Å². The maximum absolute atomic E-state index is 13.1. The smallest absolute Gasteiger partial charge is 0.170 e. The lowest BCUT2D eigenvalue weighted by molar-refractivity contribution is -0.135. The molecule has 2 aromatic carbocycles. The van der Waals surface area contributed by atoms with Crippen molar-refractivity contribution < 1.29 is 9.90 Å². The van der Waals surface area contributed by atoms with Crippen LogP contribution in [0.25, 0.3) is 16.7 Å². The summed E-state index contributed by atoms with van der Waals surface area (Å²) < 4.78 is 0. The van der Waals surface area contributed by atoms with Gasteiger partial charge in [0, 0.05) is 16.9 Å². The van der Waals surface area contributed by atoms with Crippen LogP contribution in [0.2, 0.25) is 5.02 Å². The number of carbonyl (C=O) groups is 1. The van der Waals surface area contributed by atoms with Gasteiger partial charge in [-0.2, -0.15) is 0 Å². The molecular weight excluding hydrogens is 344 g/mol. The Balaban J connectivity index is 1.86. The number of benzene rings is 2. The zero-order valence-electron chi connectivity index (χ0n) is 15.3. The maximum atomic E-state index is 13.1. The van der Waals surface area contributed by atoms with E-state index in [0.29, 0.717) is 10.6 Å². The molecule has 1 saturated carbocycles. The first-order valence-electron chi connectivity index (χ1n) is 9.21. The van der Waals surface area contributed by atoms with Crippen molar-refractivity contribution >= 4 is 23.0 Å². The molecule has 26 heavy (non-hydrogen) atoms. The topological polar surface area (TPSA) is 37.3 Å². The van der Waals surface area contributed by atoms with Gasteiger partial charge >= 0.3 is 0 Å². The van der Waals surface area contributed by atoms with Gasteiger partial charge in [-0.25, -0.2) is 0 Å². The lowest BCUT2D eigenvalue weighted by Gasteiger charge is -2.54. The van der Waals surface area contributed by atoms with Gasteiger partial charge in [0.15, 0.2) is 5.78 Å². The first-order chi connectivity index (χ1) is 12.3. The second-order valence-corrected chi connectivity index (χ2v) is 8.46. The molecule has 0 amide bonds. The summed E-state index contributed by atoms with van der Waals surface area (Å²) in [4.78, 5) is 13.1. The van der Waals surface area contributed by atoms with Crippen molar-refractivity contribution in [2.75, 3.05) is 0 Å². The van der Waals surface area contributed by atoms with Gasteiger partial charge in [-0.15, -0.1) is 0 Å². The van der Waals surface area contributed by atoms with E-state index in [1.165, 1.54) is 0 Å². The van der Waals surface area contributed by atoms with Crippen molar-refractivity contribution in [1.29, 1.82) is 0 Å². The molecule has 0 spiro atoms. The predicted octanol–water partition coefficient (Wildman–Crippen LogP) is 6.08. The molecule has 2 unspecified atom stereocenters. The van der Waals surface area contributed by atoms with Gasteiger partial charge < -0.3 is 5.11 Å². The van der Waals surface area contributed by atoms with Crippen LogP contribution in [0.5, 0.6) is 0 Å². The number of ketones is 1. The Hall–Kier alpha value is -2.06. The Morgan fingerprint density at radius 1 is 1.08 bits per heavy atom. The van der Waals surface area contributed by atoms with Crippen LogP contribution in [0.4, 0.5) is 0 Å². The summed E-state index contributed by atoms with van der Waals surface area (Å²) >= 11 is 6.00. The fourth-order valence-corrected chi connectivity index (χ4v) is 4.65. The van der Waals surface area contributed by atoms with E-state index >= 15 is 0 Å². The van der Waals surface area contributed by atoms with Crippen molar-refractivity contribution in [1.82, 2.24) is 0 Å².